The van der Waals surface area contributed by atoms with Crippen molar-refractivity contribution in [2.24, 2.45) is 0 Å². The lowest BCUT2D eigenvalue weighted by atomic mass is 9.98. The Labute approximate surface area is 189 Å². The van der Waals surface area contributed by atoms with Crippen LogP contribution in [0.25, 0.3) is 5.65 Å². The van der Waals surface area contributed by atoms with Gasteiger partial charge in [-0.1, -0.05) is 6.07 Å². The van der Waals surface area contributed by atoms with Crippen molar-refractivity contribution in [1.29, 1.82) is 0 Å². The van der Waals surface area contributed by atoms with E-state index in [2.05, 4.69) is 24.1 Å². The van der Waals surface area contributed by atoms with Gasteiger partial charge >= 0.3 is 0 Å². The van der Waals surface area contributed by atoms with Gasteiger partial charge in [0.2, 0.25) is 0 Å². The number of anilines is 1. The maximum atomic E-state index is 13.5. The summed E-state index contributed by atoms with van der Waals surface area (Å²) in [5, 5.41) is 4.86. The summed E-state index contributed by atoms with van der Waals surface area (Å²) in [4.78, 5) is 22.7. The Morgan fingerprint density at radius 1 is 1.12 bits per heavy atom. The standard InChI is InChI=1S/C25H31N5O2/c1-3-32-20-10-8-9-19(15-20)25(31)29-14-5-4-11-22(29)21-16-23-26-24(28-12-6-7-13-28)18(2)17-30(23)27-21/h8-10,15-17,22H,3-7,11-14H2,1-2H3/t22-/m0/s1. The number of nitrogens with zero attached hydrogens (tertiary/aromatic N) is 5. The quantitative estimate of drug-likeness (QED) is 0.597. The molecule has 7 heteroatoms. The number of benzene rings is 1. The summed E-state index contributed by atoms with van der Waals surface area (Å²) < 4.78 is 7.47. The minimum atomic E-state index is -0.0377. The summed E-state index contributed by atoms with van der Waals surface area (Å²) in [6.45, 7) is 7.50. The van der Waals surface area contributed by atoms with Crippen LogP contribution in [0.1, 0.15) is 66.7 Å². The van der Waals surface area contributed by atoms with E-state index in [0.717, 1.165) is 67.4 Å². The summed E-state index contributed by atoms with van der Waals surface area (Å²) in [6.07, 6.45) is 7.53. The highest BCUT2D eigenvalue weighted by molar-refractivity contribution is 5.95. The predicted molar refractivity (Wildman–Crippen MR) is 124 cm³/mol. The molecule has 2 aliphatic heterocycles. The van der Waals surface area contributed by atoms with E-state index in [-0.39, 0.29) is 11.9 Å². The van der Waals surface area contributed by atoms with Gasteiger partial charge in [-0.3, -0.25) is 4.79 Å². The Bertz CT molecular complexity index is 1120. The maximum Gasteiger partial charge on any atom is 0.254 e. The molecular weight excluding hydrogens is 402 g/mol. The molecule has 0 N–H and O–H groups in total. The largest absolute Gasteiger partial charge is 0.494 e. The molecule has 7 nitrogen and oxygen atoms in total. The molecule has 2 saturated heterocycles. The zero-order valence-electron chi connectivity index (χ0n) is 19.0. The SMILES string of the molecule is CCOc1cccc(C(=O)N2CCCC[C@H]2c2cc3nc(N4CCCC4)c(C)cn3n2)c1. The van der Waals surface area contributed by atoms with Crippen LogP contribution in [0.15, 0.2) is 36.5 Å². The van der Waals surface area contributed by atoms with Crippen molar-refractivity contribution in [1.82, 2.24) is 19.5 Å². The number of piperidine rings is 1. The lowest BCUT2D eigenvalue weighted by Gasteiger charge is -2.34. The first-order chi connectivity index (χ1) is 15.6. The van der Waals surface area contributed by atoms with Crippen LogP contribution in [0.3, 0.4) is 0 Å². The van der Waals surface area contributed by atoms with Crippen molar-refractivity contribution >= 4 is 17.4 Å². The van der Waals surface area contributed by atoms with Crippen molar-refractivity contribution in [2.45, 2.75) is 52.0 Å². The summed E-state index contributed by atoms with van der Waals surface area (Å²) in [7, 11) is 0. The van der Waals surface area contributed by atoms with E-state index < -0.39 is 0 Å². The fourth-order valence-electron chi connectivity index (χ4n) is 4.96. The average Bonchev–Trinajstić information content (AvgIpc) is 3.48. The molecule has 0 bridgehead atoms. The van der Waals surface area contributed by atoms with Gasteiger partial charge in [0.15, 0.2) is 5.65 Å². The highest BCUT2D eigenvalue weighted by Gasteiger charge is 2.31. The molecule has 2 aromatic heterocycles. The second-order valence-electron chi connectivity index (χ2n) is 8.78. The van der Waals surface area contributed by atoms with E-state index in [0.29, 0.717) is 12.2 Å². The van der Waals surface area contributed by atoms with Gasteiger partial charge in [-0.2, -0.15) is 5.10 Å². The smallest absolute Gasteiger partial charge is 0.254 e. The zero-order valence-corrected chi connectivity index (χ0v) is 19.0. The molecular formula is C25H31N5O2. The van der Waals surface area contributed by atoms with Crippen molar-refractivity contribution in [3.05, 3.63) is 53.3 Å². The number of aromatic nitrogens is 3. The highest BCUT2D eigenvalue weighted by Crippen LogP contribution is 2.33. The topological polar surface area (TPSA) is 63.0 Å². The summed E-state index contributed by atoms with van der Waals surface area (Å²) >= 11 is 0. The van der Waals surface area contributed by atoms with Gasteiger partial charge < -0.3 is 14.5 Å². The third kappa shape index (κ3) is 3.92. The van der Waals surface area contributed by atoms with Gasteiger partial charge in [0, 0.05) is 43.0 Å². The van der Waals surface area contributed by atoms with E-state index in [9.17, 15) is 4.79 Å². The summed E-state index contributed by atoms with van der Waals surface area (Å²) in [5.74, 6) is 1.83. The minimum absolute atomic E-state index is 0.0372. The van der Waals surface area contributed by atoms with Gasteiger partial charge in [0.05, 0.1) is 18.3 Å². The van der Waals surface area contributed by atoms with Crippen molar-refractivity contribution in [3.8, 4) is 5.75 Å². The molecule has 32 heavy (non-hydrogen) atoms. The first-order valence-electron chi connectivity index (χ1n) is 11.8. The molecule has 0 aliphatic carbocycles. The number of hydrogen-bond donors (Lipinski definition) is 0. The maximum absolute atomic E-state index is 13.5. The minimum Gasteiger partial charge on any atom is -0.494 e. The first-order valence-corrected chi connectivity index (χ1v) is 11.8. The van der Waals surface area contributed by atoms with E-state index in [4.69, 9.17) is 14.8 Å². The van der Waals surface area contributed by atoms with Gasteiger partial charge in [-0.15, -0.1) is 0 Å². The first kappa shape index (κ1) is 20.8. The number of fused-ring (bicyclic) bond motifs is 1. The molecule has 0 radical (unpaired) electrons. The molecule has 0 spiro atoms. The van der Waals surface area contributed by atoms with Gasteiger partial charge in [0.25, 0.3) is 5.91 Å². The predicted octanol–water partition coefficient (Wildman–Crippen LogP) is 4.40. The number of carbonyl (C=O) groups excluding carboxylic acids is 1. The van der Waals surface area contributed by atoms with Crippen molar-refractivity contribution in [3.63, 3.8) is 0 Å². The molecule has 1 amide bonds. The van der Waals surface area contributed by atoms with Crippen LogP contribution in [-0.4, -0.2) is 51.6 Å². The molecule has 4 heterocycles. The van der Waals surface area contributed by atoms with Gasteiger partial charge in [0.1, 0.15) is 11.6 Å². The lowest BCUT2D eigenvalue weighted by molar-refractivity contribution is 0.0605. The highest BCUT2D eigenvalue weighted by atomic mass is 16.5. The Hall–Kier alpha value is -3.09. The number of amides is 1. The fraction of sp³-hybridized carbons (Fsp3) is 0.480. The number of rotatable bonds is 5. The molecule has 5 rings (SSSR count). The van der Waals surface area contributed by atoms with Crippen LogP contribution >= 0.6 is 0 Å². The molecule has 1 aromatic carbocycles. The summed E-state index contributed by atoms with van der Waals surface area (Å²) in [5.41, 5.74) is 3.57. The third-order valence-electron chi connectivity index (χ3n) is 6.53. The van der Waals surface area contributed by atoms with Crippen LogP contribution in [0, 0.1) is 6.92 Å². The van der Waals surface area contributed by atoms with Crippen LogP contribution in [-0.2, 0) is 0 Å². The number of aryl methyl sites for hydroxylation is 1. The van der Waals surface area contributed by atoms with Crippen molar-refractivity contribution < 1.29 is 9.53 Å². The molecule has 1 atom stereocenters. The van der Waals surface area contributed by atoms with Gasteiger partial charge in [-0.05, 0) is 64.2 Å². The number of likely N-dealkylation sites (tertiary alicyclic amines) is 1. The van der Waals surface area contributed by atoms with Crippen LogP contribution in [0.2, 0.25) is 0 Å². The zero-order chi connectivity index (χ0) is 22.1. The fourth-order valence-corrected chi connectivity index (χ4v) is 4.96. The number of hydrogen-bond acceptors (Lipinski definition) is 5. The Morgan fingerprint density at radius 3 is 2.75 bits per heavy atom. The Morgan fingerprint density at radius 2 is 1.94 bits per heavy atom. The average molecular weight is 434 g/mol. The molecule has 0 unspecified atom stereocenters. The number of ether oxygens (including phenoxy) is 1. The molecule has 168 valence electrons. The Balaban J connectivity index is 1.45. The third-order valence-corrected chi connectivity index (χ3v) is 6.53. The van der Waals surface area contributed by atoms with E-state index in [1.165, 1.54) is 12.8 Å². The molecule has 0 saturated carbocycles. The second kappa shape index (κ2) is 8.81. The normalized spacial score (nSPS) is 19.0. The second-order valence-corrected chi connectivity index (χ2v) is 8.78. The van der Waals surface area contributed by atoms with E-state index in [1.807, 2.05) is 40.6 Å². The van der Waals surface area contributed by atoms with Crippen LogP contribution in [0.4, 0.5) is 5.82 Å². The monoisotopic (exact) mass is 433 g/mol. The lowest BCUT2D eigenvalue weighted by Crippen LogP contribution is -2.38. The molecule has 2 fully saturated rings. The van der Waals surface area contributed by atoms with Gasteiger partial charge in [-0.25, -0.2) is 9.50 Å². The summed E-state index contributed by atoms with van der Waals surface area (Å²) in [6, 6.07) is 9.51. The van der Waals surface area contributed by atoms with Crippen molar-refractivity contribution in [2.75, 3.05) is 31.1 Å². The number of carbonyl (C=O) groups is 1. The van der Waals surface area contributed by atoms with E-state index in [1.54, 1.807) is 0 Å². The van der Waals surface area contributed by atoms with Crippen LogP contribution in [0.5, 0.6) is 5.75 Å². The Kier molecular flexibility index (Phi) is 5.72. The molecule has 2 aliphatic rings. The molecule has 3 aromatic rings. The van der Waals surface area contributed by atoms with Crippen LogP contribution < -0.4 is 9.64 Å². The van der Waals surface area contributed by atoms with E-state index >= 15 is 0 Å².